The minimum absolute atomic E-state index is 0.114. The number of hydrogen-bond donors (Lipinski definition) is 0. The van der Waals surface area contributed by atoms with E-state index in [1.807, 2.05) is 26.0 Å². The standard InChI is InChI=1S/C34H48FN3O/c1-7-10-31(20-27(6)35)34(25-36,21-33(11-8-2)39-26(4)5)30-16-18-37(19-17-30)22-29-23-38(24-29)32-14-12-28(9-3)13-15-32/h7,10,12-15,20,29-30,33H,4,6,8-9,11,16-19,21-24H2,1-3,5H3/b10-7-,31-20+. The normalized spacial score (nSPS) is 19.8. The summed E-state index contributed by atoms with van der Waals surface area (Å²) in [5.74, 6) is 0.910. The van der Waals surface area contributed by atoms with Crippen molar-refractivity contribution in [2.75, 3.05) is 37.6 Å². The lowest BCUT2D eigenvalue weighted by molar-refractivity contribution is 0.0460. The van der Waals surface area contributed by atoms with E-state index < -0.39 is 11.2 Å². The van der Waals surface area contributed by atoms with Gasteiger partial charge in [-0.25, -0.2) is 4.39 Å². The first kappa shape index (κ1) is 30.7. The lowest BCUT2D eigenvalue weighted by Gasteiger charge is -2.46. The molecule has 212 valence electrons. The van der Waals surface area contributed by atoms with Crippen LogP contribution in [0.2, 0.25) is 0 Å². The predicted molar refractivity (Wildman–Crippen MR) is 161 cm³/mol. The number of piperidine rings is 1. The number of nitriles is 1. The van der Waals surface area contributed by atoms with E-state index >= 15 is 0 Å². The highest BCUT2D eigenvalue weighted by molar-refractivity contribution is 5.50. The van der Waals surface area contributed by atoms with Crippen molar-refractivity contribution < 1.29 is 9.13 Å². The highest BCUT2D eigenvalue weighted by Gasteiger charge is 2.45. The number of ether oxygens (including phenoxy) is 1. The second-order valence-corrected chi connectivity index (χ2v) is 11.4. The molecule has 4 nitrogen and oxygen atoms in total. The maximum absolute atomic E-state index is 14.2. The highest BCUT2D eigenvalue weighted by atomic mass is 19.1. The summed E-state index contributed by atoms with van der Waals surface area (Å²) in [6.07, 6.45) is 10.3. The Kier molecular flexibility index (Phi) is 11.4. The molecule has 2 aliphatic rings. The maximum atomic E-state index is 14.2. The molecule has 0 aliphatic carbocycles. The van der Waals surface area contributed by atoms with Crippen molar-refractivity contribution in [2.24, 2.45) is 17.3 Å². The van der Waals surface area contributed by atoms with Crippen LogP contribution >= 0.6 is 0 Å². The van der Waals surface area contributed by atoms with Crippen LogP contribution in [-0.2, 0) is 11.2 Å². The second-order valence-electron chi connectivity index (χ2n) is 11.4. The first-order valence-corrected chi connectivity index (χ1v) is 14.7. The fourth-order valence-electron chi connectivity index (χ4n) is 6.38. The van der Waals surface area contributed by atoms with Crippen LogP contribution in [0.25, 0.3) is 0 Å². The molecule has 2 aliphatic heterocycles. The molecular formula is C34H48FN3O. The van der Waals surface area contributed by atoms with E-state index in [2.05, 4.69) is 67.1 Å². The summed E-state index contributed by atoms with van der Waals surface area (Å²) in [7, 11) is 0. The molecule has 5 heteroatoms. The number of allylic oxidation sites excluding steroid dienone is 6. The van der Waals surface area contributed by atoms with Crippen LogP contribution in [0.1, 0.15) is 65.4 Å². The molecule has 2 fully saturated rings. The van der Waals surface area contributed by atoms with Gasteiger partial charge >= 0.3 is 0 Å². The number of anilines is 1. The van der Waals surface area contributed by atoms with E-state index in [4.69, 9.17) is 4.74 Å². The van der Waals surface area contributed by atoms with Crippen LogP contribution in [0.4, 0.5) is 10.1 Å². The van der Waals surface area contributed by atoms with Gasteiger partial charge in [0.15, 0.2) is 0 Å². The lowest BCUT2D eigenvalue weighted by atomic mass is 9.63. The molecule has 0 aromatic heterocycles. The van der Waals surface area contributed by atoms with Gasteiger partial charge in [-0.1, -0.05) is 57.7 Å². The van der Waals surface area contributed by atoms with Crippen molar-refractivity contribution in [1.29, 1.82) is 5.26 Å². The van der Waals surface area contributed by atoms with E-state index in [1.165, 1.54) is 17.3 Å². The molecule has 2 heterocycles. The predicted octanol–water partition coefficient (Wildman–Crippen LogP) is 8.00. The summed E-state index contributed by atoms with van der Waals surface area (Å²) >= 11 is 0. The smallest absolute Gasteiger partial charge is 0.116 e. The van der Waals surface area contributed by atoms with Gasteiger partial charge in [-0.2, -0.15) is 5.26 Å². The van der Waals surface area contributed by atoms with Gasteiger partial charge in [-0.05, 0) is 87.9 Å². The van der Waals surface area contributed by atoms with Crippen molar-refractivity contribution in [3.63, 3.8) is 0 Å². The summed E-state index contributed by atoms with van der Waals surface area (Å²) in [5.41, 5.74) is 2.55. The summed E-state index contributed by atoms with van der Waals surface area (Å²) in [6, 6.07) is 11.6. The molecule has 39 heavy (non-hydrogen) atoms. The number of rotatable bonds is 14. The molecule has 0 radical (unpaired) electrons. The van der Waals surface area contributed by atoms with Crippen molar-refractivity contribution in [3.8, 4) is 6.07 Å². The Labute approximate surface area is 236 Å². The van der Waals surface area contributed by atoms with Gasteiger partial charge < -0.3 is 14.5 Å². The molecule has 2 unspecified atom stereocenters. The fourth-order valence-corrected chi connectivity index (χ4v) is 6.38. The number of benzene rings is 1. The monoisotopic (exact) mass is 533 g/mol. The first-order chi connectivity index (χ1) is 18.7. The third-order valence-electron chi connectivity index (χ3n) is 8.37. The number of likely N-dealkylation sites (tertiary alicyclic amines) is 1. The number of halogens is 1. The van der Waals surface area contributed by atoms with Crippen LogP contribution in [-0.4, -0.2) is 43.7 Å². The van der Waals surface area contributed by atoms with E-state index in [0.29, 0.717) is 23.7 Å². The Morgan fingerprint density at radius 1 is 1.21 bits per heavy atom. The van der Waals surface area contributed by atoms with Gasteiger partial charge in [-0.15, -0.1) is 0 Å². The molecule has 0 spiro atoms. The van der Waals surface area contributed by atoms with E-state index in [9.17, 15) is 9.65 Å². The molecular weight excluding hydrogens is 485 g/mol. The number of hydrogen-bond acceptors (Lipinski definition) is 4. The summed E-state index contributed by atoms with van der Waals surface area (Å²) in [5, 5.41) is 10.7. The van der Waals surface area contributed by atoms with Gasteiger partial charge in [0.05, 0.1) is 17.2 Å². The molecule has 1 aromatic carbocycles. The minimum Gasteiger partial charge on any atom is -0.496 e. The summed E-state index contributed by atoms with van der Waals surface area (Å²) in [4.78, 5) is 5.02. The van der Waals surface area contributed by atoms with Gasteiger partial charge in [0.2, 0.25) is 0 Å². The first-order valence-electron chi connectivity index (χ1n) is 14.7. The second kappa shape index (κ2) is 14.5. The summed E-state index contributed by atoms with van der Waals surface area (Å²) < 4.78 is 20.3. The van der Waals surface area contributed by atoms with Crippen molar-refractivity contribution >= 4 is 5.69 Å². The fraction of sp³-hybridized carbons (Fsp3) is 0.559. The van der Waals surface area contributed by atoms with Gasteiger partial charge in [0.1, 0.15) is 11.9 Å². The van der Waals surface area contributed by atoms with E-state index in [0.717, 1.165) is 64.8 Å². The van der Waals surface area contributed by atoms with Gasteiger partial charge in [0.25, 0.3) is 0 Å². The quantitative estimate of drug-likeness (QED) is 0.179. The van der Waals surface area contributed by atoms with Crippen LogP contribution in [0.5, 0.6) is 0 Å². The third kappa shape index (κ3) is 8.08. The van der Waals surface area contributed by atoms with E-state index in [-0.39, 0.29) is 12.0 Å². The van der Waals surface area contributed by atoms with Crippen molar-refractivity contribution in [1.82, 2.24) is 4.90 Å². The Morgan fingerprint density at radius 2 is 1.87 bits per heavy atom. The van der Waals surface area contributed by atoms with Gasteiger partial charge in [-0.3, -0.25) is 0 Å². The average Bonchev–Trinajstić information content (AvgIpc) is 2.89. The van der Waals surface area contributed by atoms with Crippen LogP contribution < -0.4 is 4.90 Å². The molecule has 3 rings (SSSR count). The lowest BCUT2D eigenvalue weighted by Crippen LogP contribution is -2.53. The van der Waals surface area contributed by atoms with Crippen LogP contribution in [0.15, 0.2) is 72.8 Å². The average molecular weight is 534 g/mol. The minimum atomic E-state index is -0.846. The Morgan fingerprint density at radius 3 is 2.38 bits per heavy atom. The zero-order valence-electron chi connectivity index (χ0n) is 24.6. The topological polar surface area (TPSA) is 39.5 Å². The molecule has 2 saturated heterocycles. The largest absolute Gasteiger partial charge is 0.496 e. The number of aryl methyl sites for hydroxylation is 1. The molecule has 0 N–H and O–H groups in total. The molecule has 0 amide bonds. The molecule has 2 atom stereocenters. The van der Waals surface area contributed by atoms with Crippen LogP contribution in [0, 0.1) is 28.6 Å². The molecule has 1 aromatic rings. The zero-order chi connectivity index (χ0) is 28.4. The SMILES string of the molecule is C=C(F)/C=C(\C=C/C)C(C#N)(CC(CCC)OC(=C)C)C1CCN(CC2CN(c3ccc(CC)cc3)C2)CC1. The Balaban J connectivity index is 1.69. The maximum Gasteiger partial charge on any atom is 0.116 e. The van der Waals surface area contributed by atoms with Crippen molar-refractivity contribution in [2.45, 2.75) is 72.3 Å². The molecule has 0 saturated carbocycles. The Hall–Kier alpha value is -2.84. The third-order valence-corrected chi connectivity index (χ3v) is 8.37. The van der Waals surface area contributed by atoms with Crippen LogP contribution in [0.3, 0.4) is 0 Å². The number of nitrogens with zero attached hydrogens (tertiary/aromatic N) is 3. The highest BCUT2D eigenvalue weighted by Crippen LogP contribution is 2.47. The zero-order valence-corrected chi connectivity index (χ0v) is 24.6. The van der Waals surface area contributed by atoms with E-state index in [1.54, 1.807) is 0 Å². The Bertz CT molecular complexity index is 1050. The molecule has 0 bridgehead atoms. The van der Waals surface area contributed by atoms with Crippen molar-refractivity contribution in [3.05, 3.63) is 78.4 Å². The summed E-state index contributed by atoms with van der Waals surface area (Å²) in [6.45, 7) is 20.7. The van der Waals surface area contributed by atoms with Gasteiger partial charge in [0, 0.05) is 37.7 Å².